The first kappa shape index (κ1) is 17.1. The average Bonchev–Trinajstić information content (AvgIpc) is 3.01. The molecule has 1 aromatic carbocycles. The highest BCUT2D eigenvalue weighted by Gasteiger charge is 2.09. The Bertz CT molecular complexity index is 702. The molecule has 2 aromatic rings. The summed E-state index contributed by atoms with van der Waals surface area (Å²) in [6.07, 6.45) is 0. The van der Waals surface area contributed by atoms with Crippen LogP contribution in [0.2, 0.25) is 15.1 Å². The quantitative estimate of drug-likeness (QED) is 0.469. The number of hydrogen-bond donors (Lipinski definition) is 1. The maximum Gasteiger partial charge on any atom is 0.277 e. The normalized spacial score (nSPS) is 11.4. The molecule has 0 saturated heterocycles. The van der Waals surface area contributed by atoms with E-state index in [0.717, 1.165) is 10.6 Å². The molecule has 0 aliphatic carbocycles. The van der Waals surface area contributed by atoms with Gasteiger partial charge in [0.2, 0.25) is 0 Å². The first-order valence-electron chi connectivity index (χ1n) is 6.11. The van der Waals surface area contributed by atoms with Crippen LogP contribution in [0.5, 0.6) is 5.75 Å². The molecule has 116 valence electrons. The summed E-state index contributed by atoms with van der Waals surface area (Å²) >= 11 is 19.2. The Labute approximate surface area is 146 Å². The van der Waals surface area contributed by atoms with Gasteiger partial charge in [0.05, 0.1) is 20.8 Å². The summed E-state index contributed by atoms with van der Waals surface area (Å²) in [7, 11) is 0. The summed E-state index contributed by atoms with van der Waals surface area (Å²) in [4.78, 5) is 12.7. The average molecular weight is 378 g/mol. The summed E-state index contributed by atoms with van der Waals surface area (Å²) in [5, 5.41) is 6.83. The number of amides is 1. The van der Waals surface area contributed by atoms with E-state index in [4.69, 9.17) is 39.5 Å². The van der Waals surface area contributed by atoms with E-state index in [0.29, 0.717) is 10.0 Å². The number of rotatable bonds is 5. The maximum absolute atomic E-state index is 11.7. The van der Waals surface area contributed by atoms with E-state index < -0.39 is 5.91 Å². The SMILES string of the molecule is C/C(=N/NC(=O)COc1cc(Cl)c(Cl)cc1Cl)c1cccs1. The summed E-state index contributed by atoms with van der Waals surface area (Å²) in [6.45, 7) is 1.57. The van der Waals surface area contributed by atoms with Crippen LogP contribution in [0.15, 0.2) is 34.7 Å². The molecule has 0 unspecified atom stereocenters. The van der Waals surface area contributed by atoms with Crippen LogP contribution in [-0.2, 0) is 4.79 Å². The van der Waals surface area contributed by atoms with E-state index in [1.165, 1.54) is 23.5 Å². The summed E-state index contributed by atoms with van der Waals surface area (Å²) in [5.74, 6) is -0.122. The largest absolute Gasteiger partial charge is 0.482 e. The van der Waals surface area contributed by atoms with Crippen LogP contribution < -0.4 is 10.2 Å². The fourth-order valence-electron chi connectivity index (χ4n) is 1.48. The van der Waals surface area contributed by atoms with Crippen molar-refractivity contribution < 1.29 is 9.53 Å². The molecule has 0 saturated carbocycles. The number of hydrogen-bond acceptors (Lipinski definition) is 4. The van der Waals surface area contributed by atoms with Crippen LogP contribution in [-0.4, -0.2) is 18.2 Å². The molecule has 1 heterocycles. The molecule has 1 aromatic heterocycles. The van der Waals surface area contributed by atoms with Gasteiger partial charge in [-0.05, 0) is 24.4 Å². The zero-order valence-corrected chi connectivity index (χ0v) is 14.5. The third kappa shape index (κ3) is 4.61. The fraction of sp³-hybridized carbons (Fsp3) is 0.143. The third-order valence-corrected chi connectivity index (χ3v) is 4.56. The van der Waals surface area contributed by atoms with Gasteiger partial charge in [-0.25, -0.2) is 5.43 Å². The van der Waals surface area contributed by atoms with Gasteiger partial charge in [0.15, 0.2) is 6.61 Å². The smallest absolute Gasteiger partial charge is 0.277 e. The number of halogens is 3. The van der Waals surface area contributed by atoms with E-state index in [9.17, 15) is 4.79 Å². The van der Waals surface area contributed by atoms with Gasteiger partial charge in [-0.15, -0.1) is 11.3 Å². The monoisotopic (exact) mass is 376 g/mol. The summed E-state index contributed by atoms with van der Waals surface area (Å²) < 4.78 is 5.30. The molecule has 0 spiro atoms. The van der Waals surface area contributed by atoms with Gasteiger partial charge in [0.25, 0.3) is 5.91 Å². The van der Waals surface area contributed by atoms with Gasteiger partial charge in [0, 0.05) is 10.9 Å². The van der Waals surface area contributed by atoms with Crippen molar-refractivity contribution in [3.05, 3.63) is 49.6 Å². The van der Waals surface area contributed by atoms with Crippen molar-refractivity contribution in [2.75, 3.05) is 6.61 Å². The highest BCUT2D eigenvalue weighted by molar-refractivity contribution is 7.12. The zero-order chi connectivity index (χ0) is 16.1. The number of thiophene rings is 1. The van der Waals surface area contributed by atoms with Crippen LogP contribution >= 0.6 is 46.1 Å². The molecule has 0 radical (unpaired) electrons. The molecule has 1 amide bonds. The standard InChI is InChI=1S/C14H11Cl3N2O2S/c1-8(13-3-2-4-22-13)18-19-14(20)7-21-12-6-10(16)9(15)5-11(12)17/h2-6H,7H2,1H3,(H,19,20)/b18-8-. The molecule has 2 rings (SSSR count). The van der Waals surface area contributed by atoms with E-state index in [-0.39, 0.29) is 17.4 Å². The van der Waals surface area contributed by atoms with E-state index in [1.54, 1.807) is 0 Å². The Morgan fingerprint density at radius 2 is 2.00 bits per heavy atom. The molecule has 0 atom stereocenters. The molecule has 0 bridgehead atoms. The number of carbonyl (C=O) groups is 1. The Morgan fingerprint density at radius 1 is 1.27 bits per heavy atom. The Morgan fingerprint density at radius 3 is 2.68 bits per heavy atom. The number of carbonyl (C=O) groups excluding carboxylic acids is 1. The number of ether oxygens (including phenoxy) is 1. The maximum atomic E-state index is 11.7. The molecular weight excluding hydrogens is 367 g/mol. The van der Waals surface area contributed by atoms with Crippen molar-refractivity contribution in [3.63, 3.8) is 0 Å². The van der Waals surface area contributed by atoms with E-state index >= 15 is 0 Å². The molecule has 1 N–H and O–H groups in total. The lowest BCUT2D eigenvalue weighted by atomic mass is 10.3. The molecule has 0 fully saturated rings. The van der Waals surface area contributed by atoms with Crippen LogP contribution in [0.25, 0.3) is 0 Å². The highest BCUT2D eigenvalue weighted by Crippen LogP contribution is 2.33. The van der Waals surface area contributed by atoms with Gasteiger partial charge in [-0.2, -0.15) is 5.10 Å². The van der Waals surface area contributed by atoms with Crippen LogP contribution in [0.1, 0.15) is 11.8 Å². The number of benzene rings is 1. The predicted octanol–water partition coefficient (Wildman–Crippen LogP) is 4.63. The minimum atomic E-state index is -0.405. The zero-order valence-electron chi connectivity index (χ0n) is 11.4. The molecular formula is C14H11Cl3N2O2S. The van der Waals surface area contributed by atoms with Crippen LogP contribution in [0.3, 0.4) is 0 Å². The molecule has 8 heteroatoms. The van der Waals surface area contributed by atoms with Crippen molar-refractivity contribution in [3.8, 4) is 5.75 Å². The Kier molecular flexibility index (Phi) is 6.08. The van der Waals surface area contributed by atoms with Crippen LogP contribution in [0, 0.1) is 0 Å². The molecule has 22 heavy (non-hydrogen) atoms. The molecule has 4 nitrogen and oxygen atoms in total. The first-order chi connectivity index (χ1) is 10.5. The topological polar surface area (TPSA) is 50.7 Å². The summed E-state index contributed by atoms with van der Waals surface area (Å²) in [6, 6.07) is 6.75. The number of hydrazone groups is 1. The Balaban J connectivity index is 1.91. The van der Waals surface area contributed by atoms with Gasteiger partial charge in [0.1, 0.15) is 5.75 Å². The second-order valence-electron chi connectivity index (χ2n) is 4.19. The van der Waals surface area contributed by atoms with Crippen molar-refractivity contribution >= 4 is 57.8 Å². The minimum absolute atomic E-state index is 0.237. The first-order valence-corrected chi connectivity index (χ1v) is 8.13. The molecule has 0 aliphatic rings. The number of nitrogens with zero attached hydrogens (tertiary/aromatic N) is 1. The lowest BCUT2D eigenvalue weighted by Gasteiger charge is -2.08. The second kappa shape index (κ2) is 7.83. The molecule has 0 aliphatic heterocycles. The second-order valence-corrected chi connectivity index (χ2v) is 6.36. The van der Waals surface area contributed by atoms with Gasteiger partial charge in [-0.3, -0.25) is 4.79 Å². The van der Waals surface area contributed by atoms with E-state index in [1.807, 2.05) is 24.4 Å². The highest BCUT2D eigenvalue weighted by atomic mass is 35.5. The Hall–Kier alpha value is -1.27. The van der Waals surface area contributed by atoms with Crippen molar-refractivity contribution in [2.24, 2.45) is 5.10 Å². The predicted molar refractivity (Wildman–Crippen MR) is 91.6 cm³/mol. The van der Waals surface area contributed by atoms with Gasteiger partial charge in [-0.1, -0.05) is 40.9 Å². The van der Waals surface area contributed by atoms with E-state index in [2.05, 4.69) is 10.5 Å². The fourth-order valence-corrected chi connectivity index (χ4v) is 2.74. The lowest BCUT2D eigenvalue weighted by molar-refractivity contribution is -0.123. The minimum Gasteiger partial charge on any atom is -0.482 e. The van der Waals surface area contributed by atoms with Crippen molar-refractivity contribution in [1.29, 1.82) is 0 Å². The van der Waals surface area contributed by atoms with Crippen LogP contribution in [0.4, 0.5) is 0 Å². The van der Waals surface area contributed by atoms with Gasteiger partial charge >= 0.3 is 0 Å². The number of nitrogens with one attached hydrogen (secondary N) is 1. The van der Waals surface area contributed by atoms with Crippen molar-refractivity contribution in [1.82, 2.24) is 5.43 Å². The summed E-state index contributed by atoms with van der Waals surface area (Å²) in [5.41, 5.74) is 3.13. The third-order valence-electron chi connectivity index (χ3n) is 2.56. The van der Waals surface area contributed by atoms with Gasteiger partial charge < -0.3 is 4.74 Å². The van der Waals surface area contributed by atoms with Crippen molar-refractivity contribution in [2.45, 2.75) is 6.92 Å². The lowest BCUT2D eigenvalue weighted by Crippen LogP contribution is -2.25.